The molecule has 0 atom stereocenters. The molecule has 1 N–H and O–H groups in total. The summed E-state index contributed by atoms with van der Waals surface area (Å²) in [4.78, 5) is 4.42. The minimum Gasteiger partial charge on any atom is -0.332 e. The second kappa shape index (κ2) is 2.67. The summed E-state index contributed by atoms with van der Waals surface area (Å²) in [6.07, 6.45) is 1.41. The van der Waals surface area contributed by atoms with Crippen LogP contribution in [0.1, 0.15) is 16.3 Å². The van der Waals surface area contributed by atoms with E-state index < -0.39 is 0 Å². The maximum Gasteiger partial charge on any atom is 0.151 e. The first kappa shape index (κ1) is 8.44. The molecule has 0 saturated heterocycles. The fourth-order valence-corrected chi connectivity index (χ4v) is 2.51. The van der Waals surface area contributed by atoms with Crippen molar-refractivity contribution in [2.75, 3.05) is 0 Å². The summed E-state index contributed by atoms with van der Waals surface area (Å²) in [6, 6.07) is 0. The molecule has 2 aromatic heterocycles. The van der Waals surface area contributed by atoms with Gasteiger partial charge in [-0.15, -0.1) is 11.3 Å². The minimum atomic E-state index is 0.999. The molecule has 68 valence electrons. The molecule has 4 heteroatoms. The van der Waals surface area contributed by atoms with Crippen LogP contribution in [-0.4, -0.2) is 15.8 Å². The van der Waals surface area contributed by atoms with E-state index in [0.717, 1.165) is 26.6 Å². The summed E-state index contributed by atoms with van der Waals surface area (Å²) < 4.78 is 3.17. The van der Waals surface area contributed by atoms with Crippen molar-refractivity contribution in [1.29, 1.82) is 5.41 Å². The van der Waals surface area contributed by atoms with Crippen LogP contribution in [-0.2, 0) is 7.05 Å². The van der Waals surface area contributed by atoms with Crippen LogP contribution in [0.2, 0.25) is 0 Å². The lowest BCUT2D eigenvalue weighted by Gasteiger charge is -1.95. The Morgan fingerprint density at radius 1 is 1.46 bits per heavy atom. The van der Waals surface area contributed by atoms with Crippen LogP contribution in [0.5, 0.6) is 0 Å². The van der Waals surface area contributed by atoms with Crippen LogP contribution in [0.15, 0.2) is 0 Å². The van der Waals surface area contributed by atoms with E-state index in [-0.39, 0.29) is 0 Å². The molecular weight excluding hydrogens is 182 g/mol. The number of hydrogen-bond donors (Lipinski definition) is 1. The molecule has 0 aliphatic carbocycles. The van der Waals surface area contributed by atoms with Crippen molar-refractivity contribution < 1.29 is 0 Å². The summed E-state index contributed by atoms with van der Waals surface area (Å²) in [5.41, 5.74) is 3.12. The smallest absolute Gasteiger partial charge is 0.151 e. The molecule has 0 aliphatic heterocycles. The topological polar surface area (TPSA) is 41.7 Å². The van der Waals surface area contributed by atoms with Crippen molar-refractivity contribution in [3.63, 3.8) is 0 Å². The van der Waals surface area contributed by atoms with Gasteiger partial charge >= 0.3 is 0 Å². The van der Waals surface area contributed by atoms with Gasteiger partial charge < -0.3 is 9.98 Å². The first-order chi connectivity index (χ1) is 6.15. The van der Waals surface area contributed by atoms with E-state index in [0.29, 0.717) is 0 Å². The summed E-state index contributed by atoms with van der Waals surface area (Å²) in [6.45, 7) is 4.01. The van der Waals surface area contributed by atoms with E-state index in [1.807, 2.05) is 25.5 Å². The number of rotatable bonds is 1. The minimum absolute atomic E-state index is 0.999. The fourth-order valence-electron chi connectivity index (χ4n) is 1.49. The van der Waals surface area contributed by atoms with Gasteiger partial charge in [0.25, 0.3) is 0 Å². The predicted octanol–water partition coefficient (Wildman–Crippen LogP) is 2.25. The third-order valence-electron chi connectivity index (χ3n) is 2.32. The zero-order valence-electron chi connectivity index (χ0n) is 7.88. The maximum atomic E-state index is 7.33. The van der Waals surface area contributed by atoms with Crippen LogP contribution >= 0.6 is 11.3 Å². The van der Waals surface area contributed by atoms with Gasteiger partial charge in [0.15, 0.2) is 5.65 Å². The van der Waals surface area contributed by atoms with Crippen molar-refractivity contribution in [2.24, 2.45) is 7.05 Å². The summed E-state index contributed by atoms with van der Waals surface area (Å²) in [7, 11) is 1.99. The Bertz CT molecular complexity index is 478. The second-order valence-electron chi connectivity index (χ2n) is 3.09. The monoisotopic (exact) mass is 193 g/mol. The molecule has 0 aromatic carbocycles. The van der Waals surface area contributed by atoms with Gasteiger partial charge in [-0.1, -0.05) is 0 Å². The van der Waals surface area contributed by atoms with Crippen LogP contribution in [0.3, 0.4) is 0 Å². The number of nitrogens with zero attached hydrogens (tertiary/aromatic N) is 2. The van der Waals surface area contributed by atoms with E-state index in [1.165, 1.54) is 6.21 Å². The lowest BCUT2D eigenvalue weighted by atomic mass is 10.3. The Kier molecular flexibility index (Phi) is 1.73. The SMILES string of the molecule is Cc1nc2c(s1)c(C=N)c(C)n2C. The van der Waals surface area contributed by atoms with Gasteiger partial charge in [0.05, 0.1) is 9.71 Å². The van der Waals surface area contributed by atoms with Crippen molar-refractivity contribution in [2.45, 2.75) is 13.8 Å². The van der Waals surface area contributed by atoms with Crippen molar-refractivity contribution >= 4 is 27.9 Å². The number of aromatic nitrogens is 2. The van der Waals surface area contributed by atoms with E-state index in [2.05, 4.69) is 4.98 Å². The molecule has 3 nitrogen and oxygen atoms in total. The Balaban J connectivity index is 2.94. The highest BCUT2D eigenvalue weighted by Crippen LogP contribution is 2.28. The normalized spacial score (nSPS) is 11.0. The molecule has 0 spiro atoms. The standard InChI is InChI=1S/C9H11N3S/c1-5-7(4-10)8-9(12(5)3)11-6(2)13-8/h4,10H,1-3H3. The van der Waals surface area contributed by atoms with Crippen LogP contribution in [0.25, 0.3) is 10.3 Å². The number of aryl methyl sites for hydroxylation is 2. The molecule has 0 saturated carbocycles. The Hall–Kier alpha value is -1.16. The van der Waals surface area contributed by atoms with Gasteiger partial charge in [0, 0.05) is 24.5 Å². The quantitative estimate of drug-likeness (QED) is 0.693. The Labute approximate surface area is 80.5 Å². The highest BCUT2D eigenvalue weighted by Gasteiger charge is 2.13. The molecule has 0 amide bonds. The van der Waals surface area contributed by atoms with E-state index >= 15 is 0 Å². The molecule has 0 fully saturated rings. The molecule has 0 bridgehead atoms. The molecule has 2 heterocycles. The fraction of sp³-hybridized carbons (Fsp3) is 0.333. The largest absolute Gasteiger partial charge is 0.332 e. The first-order valence-corrected chi connectivity index (χ1v) is 4.89. The summed E-state index contributed by atoms with van der Waals surface area (Å²) in [5.74, 6) is 0. The number of hydrogen-bond acceptors (Lipinski definition) is 3. The second-order valence-corrected chi connectivity index (χ2v) is 4.29. The number of nitrogens with one attached hydrogen (secondary N) is 1. The highest BCUT2D eigenvalue weighted by molar-refractivity contribution is 7.18. The van der Waals surface area contributed by atoms with Crippen molar-refractivity contribution in [3.05, 3.63) is 16.3 Å². The van der Waals surface area contributed by atoms with E-state index in [9.17, 15) is 0 Å². The molecule has 0 unspecified atom stereocenters. The van der Waals surface area contributed by atoms with Crippen LogP contribution in [0, 0.1) is 19.3 Å². The third-order valence-corrected chi connectivity index (χ3v) is 3.31. The van der Waals surface area contributed by atoms with Gasteiger partial charge in [0.2, 0.25) is 0 Å². The van der Waals surface area contributed by atoms with Gasteiger partial charge in [-0.05, 0) is 13.8 Å². The lowest BCUT2D eigenvalue weighted by Crippen LogP contribution is -1.92. The van der Waals surface area contributed by atoms with Gasteiger partial charge in [-0.25, -0.2) is 4.98 Å². The maximum absolute atomic E-state index is 7.33. The zero-order valence-corrected chi connectivity index (χ0v) is 8.70. The first-order valence-electron chi connectivity index (χ1n) is 4.08. The molecular formula is C9H11N3S. The lowest BCUT2D eigenvalue weighted by molar-refractivity contribution is 0.900. The van der Waals surface area contributed by atoms with E-state index in [4.69, 9.17) is 5.41 Å². The molecule has 2 rings (SSSR count). The molecule has 2 aromatic rings. The third kappa shape index (κ3) is 1.02. The van der Waals surface area contributed by atoms with Gasteiger partial charge in [-0.3, -0.25) is 0 Å². The van der Waals surface area contributed by atoms with Crippen LogP contribution < -0.4 is 0 Å². The summed E-state index contributed by atoms with van der Waals surface area (Å²) >= 11 is 1.66. The average molecular weight is 193 g/mol. The predicted molar refractivity (Wildman–Crippen MR) is 56.0 cm³/mol. The van der Waals surface area contributed by atoms with E-state index in [1.54, 1.807) is 11.3 Å². The van der Waals surface area contributed by atoms with Gasteiger partial charge in [0.1, 0.15) is 0 Å². The number of fused-ring (bicyclic) bond motifs is 1. The van der Waals surface area contributed by atoms with Crippen molar-refractivity contribution in [1.82, 2.24) is 9.55 Å². The summed E-state index contributed by atoms with van der Waals surface area (Å²) in [5, 5.41) is 8.39. The molecule has 0 aliphatic rings. The number of thiazole rings is 1. The average Bonchev–Trinajstić information content (AvgIpc) is 2.54. The van der Waals surface area contributed by atoms with Crippen molar-refractivity contribution in [3.8, 4) is 0 Å². The Morgan fingerprint density at radius 3 is 2.77 bits per heavy atom. The van der Waals surface area contributed by atoms with Gasteiger partial charge in [-0.2, -0.15) is 0 Å². The molecule has 0 radical (unpaired) electrons. The Morgan fingerprint density at radius 2 is 2.15 bits per heavy atom. The molecule has 13 heavy (non-hydrogen) atoms. The highest BCUT2D eigenvalue weighted by atomic mass is 32.1. The van der Waals surface area contributed by atoms with Crippen LogP contribution in [0.4, 0.5) is 0 Å². The zero-order chi connectivity index (χ0) is 9.59.